The molecule has 0 fully saturated rings. The van der Waals surface area contributed by atoms with Crippen LogP contribution in [0.25, 0.3) is 11.0 Å². The summed E-state index contributed by atoms with van der Waals surface area (Å²) in [5.41, 5.74) is 1.75. The molecule has 2 heterocycles. The van der Waals surface area contributed by atoms with Gasteiger partial charge >= 0.3 is 6.18 Å². The van der Waals surface area contributed by atoms with Gasteiger partial charge in [-0.15, -0.1) is 0 Å². The molecule has 1 amide bonds. The molecule has 0 aliphatic rings. The van der Waals surface area contributed by atoms with Crippen LogP contribution in [0.2, 0.25) is 0 Å². The van der Waals surface area contributed by atoms with E-state index in [0.717, 1.165) is 6.20 Å². The number of hydrogen-bond acceptors (Lipinski definition) is 6. The molecule has 1 N–H and O–H groups in total. The highest BCUT2D eigenvalue weighted by molar-refractivity contribution is 5.93. The van der Waals surface area contributed by atoms with Crippen molar-refractivity contribution in [1.82, 2.24) is 25.3 Å². The molecule has 7 nitrogen and oxygen atoms in total. The highest BCUT2D eigenvalue weighted by Gasteiger charge is 2.28. The van der Waals surface area contributed by atoms with E-state index in [4.69, 9.17) is 0 Å². The predicted octanol–water partition coefficient (Wildman–Crippen LogP) is 2.85. The summed E-state index contributed by atoms with van der Waals surface area (Å²) in [4.78, 5) is 28.5. The van der Waals surface area contributed by atoms with Gasteiger partial charge in [0.15, 0.2) is 6.61 Å². The quantitative estimate of drug-likeness (QED) is 0.735. The van der Waals surface area contributed by atoms with E-state index in [0.29, 0.717) is 16.7 Å². The molecule has 0 aliphatic heterocycles. The number of hydrogen-bond donors (Lipinski definition) is 1. The third kappa shape index (κ3) is 4.87. The minimum atomic E-state index is -4.46. The molecule has 2 aromatic heterocycles. The largest absolute Gasteiger partial charge is 0.467 e. The Morgan fingerprint density at radius 2 is 1.85 bits per heavy atom. The number of aromatic nitrogens is 4. The Kier molecular flexibility index (Phi) is 5.15. The number of nitrogens with one attached hydrogen (secondary N) is 1. The lowest BCUT2D eigenvalue weighted by Crippen LogP contribution is -2.28. The van der Waals surface area contributed by atoms with Crippen LogP contribution >= 0.6 is 0 Å². The number of para-hydroxylation sites is 2. The summed E-state index contributed by atoms with van der Waals surface area (Å²) in [5, 5.41) is 2.69. The molecule has 0 saturated carbocycles. The van der Waals surface area contributed by atoms with E-state index < -0.39 is 24.7 Å². The van der Waals surface area contributed by atoms with Crippen molar-refractivity contribution in [3.63, 3.8) is 0 Å². The van der Waals surface area contributed by atoms with Crippen LogP contribution < -0.4 is 10.1 Å². The van der Waals surface area contributed by atoms with E-state index in [1.807, 2.05) is 6.07 Å². The Morgan fingerprint density at radius 3 is 2.52 bits per heavy atom. The van der Waals surface area contributed by atoms with E-state index >= 15 is 0 Å². The number of rotatable bonds is 5. The van der Waals surface area contributed by atoms with Crippen molar-refractivity contribution in [2.45, 2.75) is 19.1 Å². The van der Waals surface area contributed by atoms with Gasteiger partial charge in [0.25, 0.3) is 5.91 Å². The van der Waals surface area contributed by atoms with E-state index in [-0.39, 0.29) is 11.6 Å². The number of nitrogens with zero attached hydrogens (tertiary/aromatic N) is 4. The summed E-state index contributed by atoms with van der Waals surface area (Å²) in [6.45, 7) is 0.209. The molecule has 3 aromatic rings. The van der Waals surface area contributed by atoms with Gasteiger partial charge in [-0.2, -0.15) is 13.2 Å². The molecule has 10 heteroatoms. The van der Waals surface area contributed by atoms with E-state index in [2.05, 4.69) is 30.0 Å². The van der Waals surface area contributed by atoms with Crippen molar-refractivity contribution >= 4 is 16.9 Å². The van der Waals surface area contributed by atoms with Crippen molar-refractivity contribution in [2.75, 3.05) is 6.61 Å². The maximum atomic E-state index is 12.3. The standard InChI is InChI=1S/C17H14F3N5O2/c1-10(13-6-23-15(8-22-13)27-9-17(18,19)20)24-16(26)14-7-21-11-4-2-3-5-12(11)25-14/h2-8,10H,9H2,1H3,(H,24,26). The van der Waals surface area contributed by atoms with E-state index in [1.54, 1.807) is 25.1 Å². The lowest BCUT2D eigenvalue weighted by atomic mass is 10.2. The average molecular weight is 377 g/mol. The second-order valence-corrected chi connectivity index (χ2v) is 5.62. The molecule has 0 spiro atoms. The van der Waals surface area contributed by atoms with Crippen molar-refractivity contribution in [3.8, 4) is 5.88 Å². The smallest absolute Gasteiger partial charge is 0.422 e. The Balaban J connectivity index is 1.65. The summed E-state index contributed by atoms with van der Waals surface area (Å²) < 4.78 is 40.8. The lowest BCUT2D eigenvalue weighted by Gasteiger charge is -2.13. The first-order chi connectivity index (χ1) is 12.8. The van der Waals surface area contributed by atoms with Crippen LogP contribution in [0.5, 0.6) is 5.88 Å². The number of carbonyl (C=O) groups excluding carboxylic acids is 1. The fourth-order valence-corrected chi connectivity index (χ4v) is 2.19. The summed E-state index contributed by atoms with van der Waals surface area (Å²) in [6, 6.07) is 6.59. The third-order valence-corrected chi connectivity index (χ3v) is 3.50. The van der Waals surface area contributed by atoms with Gasteiger partial charge < -0.3 is 10.1 Å². The lowest BCUT2D eigenvalue weighted by molar-refractivity contribution is -0.154. The molecule has 3 rings (SSSR count). The van der Waals surface area contributed by atoms with Crippen LogP contribution in [0.4, 0.5) is 13.2 Å². The number of benzene rings is 1. The van der Waals surface area contributed by atoms with Crippen molar-refractivity contribution in [1.29, 1.82) is 0 Å². The van der Waals surface area contributed by atoms with Crippen LogP contribution in [0.15, 0.2) is 42.9 Å². The maximum absolute atomic E-state index is 12.3. The van der Waals surface area contributed by atoms with Gasteiger partial charge in [-0.3, -0.25) is 14.8 Å². The Labute approximate surface area is 151 Å². The molecule has 1 unspecified atom stereocenters. The number of alkyl halides is 3. The van der Waals surface area contributed by atoms with Crippen molar-refractivity contribution < 1.29 is 22.7 Å². The monoisotopic (exact) mass is 377 g/mol. The van der Waals surface area contributed by atoms with Crippen molar-refractivity contribution in [3.05, 3.63) is 54.2 Å². The molecular weight excluding hydrogens is 363 g/mol. The fourth-order valence-electron chi connectivity index (χ4n) is 2.19. The van der Waals surface area contributed by atoms with Gasteiger partial charge in [-0.25, -0.2) is 9.97 Å². The van der Waals surface area contributed by atoms with Gasteiger partial charge in [0.05, 0.1) is 41.4 Å². The Hall–Kier alpha value is -3.30. The minimum absolute atomic E-state index is 0.138. The number of ether oxygens (including phenoxy) is 1. The molecule has 1 aromatic carbocycles. The minimum Gasteiger partial charge on any atom is -0.467 e. The first kappa shape index (κ1) is 18.5. The number of fused-ring (bicyclic) bond motifs is 1. The molecule has 0 aliphatic carbocycles. The van der Waals surface area contributed by atoms with Gasteiger partial charge in [0.2, 0.25) is 5.88 Å². The molecule has 0 saturated heterocycles. The topological polar surface area (TPSA) is 89.9 Å². The maximum Gasteiger partial charge on any atom is 0.422 e. The normalized spacial score (nSPS) is 12.6. The first-order valence-corrected chi connectivity index (χ1v) is 7.86. The summed E-state index contributed by atoms with van der Waals surface area (Å²) in [7, 11) is 0. The second kappa shape index (κ2) is 7.52. The third-order valence-electron chi connectivity index (χ3n) is 3.50. The van der Waals surface area contributed by atoms with E-state index in [9.17, 15) is 18.0 Å². The van der Waals surface area contributed by atoms with Crippen LogP contribution in [0, 0.1) is 0 Å². The van der Waals surface area contributed by atoms with Crippen LogP contribution in [0.3, 0.4) is 0 Å². The van der Waals surface area contributed by atoms with Gasteiger partial charge in [-0.05, 0) is 19.1 Å². The zero-order valence-electron chi connectivity index (χ0n) is 14.1. The SMILES string of the molecule is CC(NC(=O)c1cnc2ccccc2n1)c1cnc(OCC(F)(F)F)cn1. The fraction of sp³-hybridized carbons (Fsp3) is 0.235. The molecule has 1 atom stereocenters. The highest BCUT2D eigenvalue weighted by Crippen LogP contribution is 2.17. The molecular formula is C17H14F3N5O2. The van der Waals surface area contributed by atoms with E-state index in [1.165, 1.54) is 12.4 Å². The summed E-state index contributed by atoms with van der Waals surface area (Å²) in [6.07, 6.45) is -0.783. The molecule has 0 bridgehead atoms. The molecule has 27 heavy (non-hydrogen) atoms. The number of amides is 1. The number of carbonyl (C=O) groups is 1. The highest BCUT2D eigenvalue weighted by atomic mass is 19.4. The number of halogens is 3. The van der Waals surface area contributed by atoms with Gasteiger partial charge in [0, 0.05) is 0 Å². The van der Waals surface area contributed by atoms with Crippen LogP contribution in [-0.4, -0.2) is 38.6 Å². The van der Waals surface area contributed by atoms with Gasteiger partial charge in [0.1, 0.15) is 5.69 Å². The second-order valence-electron chi connectivity index (χ2n) is 5.62. The summed E-state index contributed by atoms with van der Waals surface area (Å²) >= 11 is 0. The van der Waals surface area contributed by atoms with Crippen molar-refractivity contribution in [2.24, 2.45) is 0 Å². The molecule has 0 radical (unpaired) electrons. The van der Waals surface area contributed by atoms with Gasteiger partial charge in [-0.1, -0.05) is 12.1 Å². The Morgan fingerprint density at radius 1 is 1.11 bits per heavy atom. The predicted molar refractivity (Wildman–Crippen MR) is 89.0 cm³/mol. The first-order valence-electron chi connectivity index (χ1n) is 7.86. The average Bonchev–Trinajstić information content (AvgIpc) is 2.65. The molecule has 140 valence electrons. The zero-order chi connectivity index (χ0) is 19.4. The van der Waals surface area contributed by atoms with Crippen LogP contribution in [0.1, 0.15) is 29.1 Å². The summed E-state index contributed by atoms with van der Waals surface area (Å²) in [5.74, 6) is -0.713. The van der Waals surface area contributed by atoms with Crippen LogP contribution in [-0.2, 0) is 0 Å². The zero-order valence-corrected chi connectivity index (χ0v) is 14.1. The Bertz CT molecular complexity index is 947.